The molecule has 0 spiro atoms. The maximum Gasteiger partial charge on any atom is 0.135 e. The Morgan fingerprint density at radius 3 is 2.31 bits per heavy atom. The summed E-state index contributed by atoms with van der Waals surface area (Å²) in [5.41, 5.74) is 1.32. The number of halogens is 3. The molecule has 0 aliphatic carbocycles. The molecule has 0 heterocycles. The number of hydrogen-bond donors (Lipinski definition) is 0. The number of rotatable bonds is 2. The number of alkyl halides is 1. The highest BCUT2D eigenvalue weighted by Crippen LogP contribution is 2.27. The summed E-state index contributed by atoms with van der Waals surface area (Å²) in [6.45, 7) is 0. The zero-order valence-electron chi connectivity index (χ0n) is 8.38. The van der Waals surface area contributed by atoms with Crippen LogP contribution in [0.3, 0.4) is 0 Å². The Hall–Kier alpha value is -1.22. The third-order valence-electron chi connectivity index (χ3n) is 2.34. The van der Waals surface area contributed by atoms with E-state index in [1.807, 2.05) is 6.07 Å². The lowest BCUT2D eigenvalue weighted by molar-refractivity contribution is 0.595. The van der Waals surface area contributed by atoms with Crippen LogP contribution in [0.15, 0.2) is 42.5 Å². The fourth-order valence-electron chi connectivity index (χ4n) is 1.57. The van der Waals surface area contributed by atoms with Crippen LogP contribution in [0, 0.1) is 11.6 Å². The van der Waals surface area contributed by atoms with Gasteiger partial charge in [-0.15, -0.1) is 0 Å². The molecule has 16 heavy (non-hydrogen) atoms. The average Bonchev–Trinajstić information content (AvgIpc) is 2.33. The molecule has 82 valence electrons. The lowest BCUT2D eigenvalue weighted by Gasteiger charge is -2.07. The Morgan fingerprint density at radius 1 is 1.00 bits per heavy atom. The van der Waals surface area contributed by atoms with E-state index in [-0.39, 0.29) is 5.82 Å². The Bertz CT molecular complexity index is 495. The van der Waals surface area contributed by atoms with Gasteiger partial charge in [0.1, 0.15) is 11.6 Å². The lowest BCUT2D eigenvalue weighted by atomic mass is 10.0. The van der Waals surface area contributed by atoms with Gasteiger partial charge < -0.3 is 0 Å². The van der Waals surface area contributed by atoms with Crippen molar-refractivity contribution in [2.24, 2.45) is 0 Å². The summed E-state index contributed by atoms with van der Waals surface area (Å²) >= 11 is 3.14. The smallest absolute Gasteiger partial charge is 0.135 e. The Kier molecular flexibility index (Phi) is 3.34. The number of hydrogen-bond acceptors (Lipinski definition) is 0. The summed E-state index contributed by atoms with van der Waals surface area (Å²) < 4.78 is 27.2. The first kappa shape index (κ1) is 11.3. The minimum absolute atomic E-state index is 0.301. The zero-order chi connectivity index (χ0) is 11.5. The van der Waals surface area contributed by atoms with Gasteiger partial charge >= 0.3 is 0 Å². The molecular formula is C13H9BrF2. The summed E-state index contributed by atoms with van der Waals surface area (Å²) in [7, 11) is 0. The van der Waals surface area contributed by atoms with Crippen LogP contribution in [0.2, 0.25) is 0 Å². The van der Waals surface area contributed by atoms with Gasteiger partial charge in [0, 0.05) is 16.5 Å². The second-order valence-electron chi connectivity index (χ2n) is 3.43. The molecule has 0 aromatic heterocycles. The molecule has 0 aliphatic rings. The van der Waals surface area contributed by atoms with E-state index in [0.717, 1.165) is 0 Å². The summed E-state index contributed by atoms with van der Waals surface area (Å²) in [5, 5.41) is 0.302. The van der Waals surface area contributed by atoms with Crippen molar-refractivity contribution in [2.45, 2.75) is 5.33 Å². The summed E-state index contributed by atoms with van der Waals surface area (Å²) in [5.74, 6) is -0.792. The monoisotopic (exact) mass is 282 g/mol. The Balaban J connectivity index is 2.61. The van der Waals surface area contributed by atoms with Crippen LogP contribution in [0.4, 0.5) is 8.78 Å². The van der Waals surface area contributed by atoms with Crippen molar-refractivity contribution >= 4 is 15.9 Å². The summed E-state index contributed by atoms with van der Waals surface area (Å²) in [6, 6.07) is 11.4. The molecule has 0 N–H and O–H groups in total. The van der Waals surface area contributed by atoms with Crippen LogP contribution >= 0.6 is 15.9 Å². The highest BCUT2D eigenvalue weighted by molar-refractivity contribution is 9.08. The largest absolute Gasteiger partial charge is 0.207 e. The van der Waals surface area contributed by atoms with Gasteiger partial charge in [-0.3, -0.25) is 0 Å². The standard InChI is InChI=1S/C13H9BrF2/c14-8-10-6-11(15)7-12(13(10)16)9-4-2-1-3-5-9/h1-7H,8H2. The molecule has 0 atom stereocenters. The van der Waals surface area contributed by atoms with Gasteiger partial charge in [-0.05, 0) is 17.7 Å². The minimum atomic E-state index is -0.422. The van der Waals surface area contributed by atoms with Crippen molar-refractivity contribution in [1.29, 1.82) is 0 Å². The topological polar surface area (TPSA) is 0 Å². The van der Waals surface area contributed by atoms with E-state index in [1.165, 1.54) is 12.1 Å². The summed E-state index contributed by atoms with van der Waals surface area (Å²) in [6.07, 6.45) is 0. The van der Waals surface area contributed by atoms with E-state index in [1.54, 1.807) is 24.3 Å². The average molecular weight is 283 g/mol. The van der Waals surface area contributed by atoms with Gasteiger partial charge in [0.25, 0.3) is 0 Å². The van der Waals surface area contributed by atoms with Crippen LogP contribution in [0.1, 0.15) is 5.56 Å². The van der Waals surface area contributed by atoms with Crippen LogP contribution in [-0.4, -0.2) is 0 Å². The van der Waals surface area contributed by atoms with Gasteiger partial charge in [-0.25, -0.2) is 8.78 Å². The van der Waals surface area contributed by atoms with E-state index in [0.29, 0.717) is 22.0 Å². The van der Waals surface area contributed by atoms with Crippen LogP contribution in [0.5, 0.6) is 0 Å². The molecule has 0 amide bonds. The van der Waals surface area contributed by atoms with Gasteiger partial charge in [0.15, 0.2) is 0 Å². The van der Waals surface area contributed by atoms with E-state index < -0.39 is 5.82 Å². The predicted molar refractivity (Wildman–Crippen MR) is 64.4 cm³/mol. The molecule has 0 aliphatic heterocycles. The SMILES string of the molecule is Fc1cc(CBr)c(F)c(-c2ccccc2)c1. The molecule has 2 aromatic carbocycles. The molecule has 0 saturated carbocycles. The van der Waals surface area contributed by atoms with Gasteiger partial charge in [-0.1, -0.05) is 46.3 Å². The highest BCUT2D eigenvalue weighted by atomic mass is 79.9. The first-order valence-electron chi connectivity index (χ1n) is 4.81. The van der Waals surface area contributed by atoms with Crippen LogP contribution < -0.4 is 0 Å². The minimum Gasteiger partial charge on any atom is -0.207 e. The molecular weight excluding hydrogens is 274 g/mol. The van der Waals surface area contributed by atoms with Gasteiger partial charge in [0.2, 0.25) is 0 Å². The van der Waals surface area contributed by atoms with Crippen molar-refractivity contribution in [3.05, 3.63) is 59.7 Å². The van der Waals surface area contributed by atoms with Crippen molar-refractivity contribution < 1.29 is 8.78 Å². The lowest BCUT2D eigenvalue weighted by Crippen LogP contribution is -1.93. The van der Waals surface area contributed by atoms with Crippen molar-refractivity contribution in [3.63, 3.8) is 0 Å². The molecule has 3 heteroatoms. The molecule has 0 unspecified atom stereocenters. The van der Waals surface area contributed by atoms with Crippen molar-refractivity contribution in [3.8, 4) is 11.1 Å². The fraction of sp³-hybridized carbons (Fsp3) is 0.0769. The summed E-state index contributed by atoms with van der Waals surface area (Å²) in [4.78, 5) is 0. The van der Waals surface area contributed by atoms with E-state index in [2.05, 4.69) is 15.9 Å². The molecule has 0 nitrogen and oxygen atoms in total. The Labute approximate surface area is 101 Å². The molecule has 2 aromatic rings. The molecule has 0 saturated heterocycles. The van der Waals surface area contributed by atoms with Gasteiger partial charge in [-0.2, -0.15) is 0 Å². The van der Waals surface area contributed by atoms with Crippen molar-refractivity contribution in [1.82, 2.24) is 0 Å². The van der Waals surface area contributed by atoms with E-state index >= 15 is 0 Å². The first-order valence-corrected chi connectivity index (χ1v) is 5.94. The zero-order valence-corrected chi connectivity index (χ0v) is 9.97. The second-order valence-corrected chi connectivity index (χ2v) is 3.99. The fourth-order valence-corrected chi connectivity index (χ4v) is 1.98. The van der Waals surface area contributed by atoms with E-state index in [9.17, 15) is 8.78 Å². The third-order valence-corrected chi connectivity index (χ3v) is 2.95. The maximum atomic E-state index is 13.9. The van der Waals surface area contributed by atoms with Gasteiger partial charge in [0.05, 0.1) is 0 Å². The Morgan fingerprint density at radius 2 is 1.69 bits per heavy atom. The molecule has 2 rings (SSSR count). The third kappa shape index (κ3) is 2.14. The quantitative estimate of drug-likeness (QED) is 0.710. The van der Waals surface area contributed by atoms with Crippen LogP contribution in [-0.2, 0) is 5.33 Å². The second kappa shape index (κ2) is 4.74. The molecule has 0 bridgehead atoms. The molecule has 0 radical (unpaired) electrons. The first-order chi connectivity index (χ1) is 7.72. The highest BCUT2D eigenvalue weighted by Gasteiger charge is 2.11. The maximum absolute atomic E-state index is 13.9. The normalized spacial score (nSPS) is 10.4. The predicted octanol–water partition coefficient (Wildman–Crippen LogP) is 4.53. The van der Waals surface area contributed by atoms with E-state index in [4.69, 9.17) is 0 Å². The molecule has 0 fully saturated rings. The number of benzene rings is 2. The van der Waals surface area contributed by atoms with Crippen LogP contribution in [0.25, 0.3) is 11.1 Å². The van der Waals surface area contributed by atoms with Crippen molar-refractivity contribution in [2.75, 3.05) is 0 Å².